The Bertz CT molecular complexity index is 224. The van der Waals surface area contributed by atoms with Crippen LogP contribution in [0.2, 0.25) is 0 Å². The van der Waals surface area contributed by atoms with E-state index < -0.39 is 0 Å². The quantitative estimate of drug-likeness (QED) is 0.676. The van der Waals surface area contributed by atoms with Gasteiger partial charge < -0.3 is 5.32 Å². The largest absolute Gasteiger partial charge is 0.311 e. The molecule has 0 aromatic carbocycles. The highest BCUT2D eigenvalue weighted by Gasteiger charge is 2.36. The molecule has 2 atom stereocenters. The highest BCUT2D eigenvalue weighted by atomic mass is 15.1. The molecule has 0 aromatic rings. The van der Waals surface area contributed by atoms with Gasteiger partial charge in [-0.05, 0) is 35.5 Å². The number of nitrogens with one attached hydrogen (secondary N) is 1. The molecule has 96 valence electrons. The summed E-state index contributed by atoms with van der Waals surface area (Å²) < 4.78 is 0. The lowest BCUT2D eigenvalue weighted by atomic mass is 9.64. The molecule has 0 aromatic heterocycles. The molecule has 0 amide bonds. The van der Waals surface area contributed by atoms with Gasteiger partial charge in [0.25, 0.3) is 0 Å². The maximum atomic E-state index is 3.42. The van der Waals surface area contributed by atoms with Crippen molar-refractivity contribution in [2.75, 3.05) is 6.54 Å². The SMILES string of the molecule is CC(C)C(C)(C)CC(C)(C)[C@@H](C)CC1CN1. The van der Waals surface area contributed by atoms with Crippen molar-refractivity contribution in [3.8, 4) is 0 Å². The lowest BCUT2D eigenvalue weighted by molar-refractivity contribution is 0.0912. The molecule has 1 aliphatic heterocycles. The van der Waals surface area contributed by atoms with Gasteiger partial charge in [0.15, 0.2) is 0 Å². The Morgan fingerprint density at radius 1 is 1.06 bits per heavy atom. The van der Waals surface area contributed by atoms with Gasteiger partial charge in [0.2, 0.25) is 0 Å². The molecule has 1 fully saturated rings. The third-order valence-corrected chi connectivity index (χ3v) is 4.94. The van der Waals surface area contributed by atoms with E-state index in [4.69, 9.17) is 0 Å². The fourth-order valence-corrected chi connectivity index (χ4v) is 2.55. The van der Waals surface area contributed by atoms with Gasteiger partial charge in [-0.3, -0.25) is 0 Å². The van der Waals surface area contributed by atoms with Gasteiger partial charge in [0.05, 0.1) is 0 Å². The van der Waals surface area contributed by atoms with Crippen LogP contribution in [0.3, 0.4) is 0 Å². The van der Waals surface area contributed by atoms with Crippen LogP contribution < -0.4 is 5.32 Å². The van der Waals surface area contributed by atoms with Gasteiger partial charge in [-0.25, -0.2) is 0 Å². The smallest absolute Gasteiger partial charge is 0.0195 e. The lowest BCUT2D eigenvalue weighted by Gasteiger charge is -2.41. The van der Waals surface area contributed by atoms with E-state index >= 15 is 0 Å². The van der Waals surface area contributed by atoms with E-state index in [1.807, 2.05) is 0 Å². The highest BCUT2D eigenvalue weighted by molar-refractivity contribution is 4.91. The molecule has 1 aliphatic rings. The van der Waals surface area contributed by atoms with Crippen LogP contribution >= 0.6 is 0 Å². The van der Waals surface area contributed by atoms with Crippen molar-refractivity contribution in [1.29, 1.82) is 0 Å². The predicted octanol–water partition coefficient (Wildman–Crippen LogP) is 4.08. The maximum absolute atomic E-state index is 3.42. The van der Waals surface area contributed by atoms with Crippen molar-refractivity contribution in [3.05, 3.63) is 0 Å². The van der Waals surface area contributed by atoms with E-state index in [-0.39, 0.29) is 0 Å². The predicted molar refractivity (Wildman–Crippen MR) is 72.6 cm³/mol. The third kappa shape index (κ3) is 3.76. The lowest BCUT2D eigenvalue weighted by Crippen LogP contribution is -2.32. The Labute approximate surface area is 102 Å². The van der Waals surface area contributed by atoms with E-state index in [0.717, 1.165) is 17.9 Å². The number of rotatable bonds is 6. The Hall–Kier alpha value is -0.0400. The summed E-state index contributed by atoms with van der Waals surface area (Å²) in [6, 6.07) is 0.816. The van der Waals surface area contributed by atoms with Gasteiger partial charge >= 0.3 is 0 Å². The van der Waals surface area contributed by atoms with E-state index in [2.05, 4.69) is 53.8 Å². The summed E-state index contributed by atoms with van der Waals surface area (Å²) in [4.78, 5) is 0. The molecule has 16 heavy (non-hydrogen) atoms. The summed E-state index contributed by atoms with van der Waals surface area (Å²) in [7, 11) is 0. The van der Waals surface area contributed by atoms with E-state index in [1.165, 1.54) is 19.4 Å². The fourth-order valence-electron chi connectivity index (χ4n) is 2.55. The summed E-state index contributed by atoms with van der Waals surface area (Å²) >= 11 is 0. The van der Waals surface area contributed by atoms with Crippen LogP contribution in [0, 0.1) is 22.7 Å². The first kappa shape index (κ1) is 14.0. The monoisotopic (exact) mass is 225 g/mol. The van der Waals surface area contributed by atoms with Gasteiger partial charge in [-0.1, -0.05) is 48.5 Å². The molecule has 1 heterocycles. The molecule has 0 radical (unpaired) electrons. The zero-order valence-corrected chi connectivity index (χ0v) is 12.4. The van der Waals surface area contributed by atoms with Crippen LogP contribution in [-0.2, 0) is 0 Å². The molecule has 1 rings (SSSR count). The van der Waals surface area contributed by atoms with Crippen molar-refractivity contribution in [1.82, 2.24) is 5.32 Å². The summed E-state index contributed by atoms with van der Waals surface area (Å²) in [5.41, 5.74) is 0.910. The molecule has 0 saturated carbocycles. The van der Waals surface area contributed by atoms with Gasteiger partial charge in [0.1, 0.15) is 0 Å². The molecule has 1 heteroatoms. The van der Waals surface area contributed by atoms with Crippen LogP contribution in [-0.4, -0.2) is 12.6 Å². The Morgan fingerprint density at radius 2 is 1.56 bits per heavy atom. The van der Waals surface area contributed by atoms with Crippen molar-refractivity contribution in [2.24, 2.45) is 22.7 Å². The first-order chi connectivity index (χ1) is 7.15. The third-order valence-electron chi connectivity index (χ3n) is 4.94. The van der Waals surface area contributed by atoms with Crippen LogP contribution in [0.4, 0.5) is 0 Å². The van der Waals surface area contributed by atoms with Crippen molar-refractivity contribution >= 4 is 0 Å². The Balaban J connectivity index is 2.54. The second-order valence-electron chi connectivity index (χ2n) is 7.55. The first-order valence-corrected chi connectivity index (χ1v) is 6.88. The summed E-state index contributed by atoms with van der Waals surface area (Å²) in [6.45, 7) is 18.1. The minimum Gasteiger partial charge on any atom is -0.311 e. The summed E-state index contributed by atoms with van der Waals surface area (Å²) in [5, 5.41) is 3.42. The molecule has 0 spiro atoms. The second kappa shape index (κ2) is 4.68. The van der Waals surface area contributed by atoms with E-state index in [0.29, 0.717) is 10.8 Å². The van der Waals surface area contributed by atoms with Gasteiger partial charge in [0, 0.05) is 12.6 Å². The van der Waals surface area contributed by atoms with Gasteiger partial charge in [-0.15, -0.1) is 0 Å². The van der Waals surface area contributed by atoms with Crippen LogP contribution in [0.15, 0.2) is 0 Å². The average Bonchev–Trinajstić information content (AvgIpc) is 2.85. The minimum atomic E-state index is 0.453. The van der Waals surface area contributed by atoms with E-state index in [9.17, 15) is 0 Å². The Morgan fingerprint density at radius 3 is 1.94 bits per heavy atom. The minimum absolute atomic E-state index is 0.453. The normalized spacial score (nSPS) is 23.6. The molecule has 1 unspecified atom stereocenters. The molecule has 1 nitrogen and oxygen atoms in total. The molecular weight excluding hydrogens is 194 g/mol. The summed E-state index contributed by atoms with van der Waals surface area (Å²) in [5.74, 6) is 1.57. The zero-order chi connectivity index (χ0) is 12.6. The number of hydrogen-bond acceptors (Lipinski definition) is 1. The van der Waals surface area contributed by atoms with E-state index in [1.54, 1.807) is 0 Å². The highest BCUT2D eigenvalue weighted by Crippen LogP contribution is 2.44. The molecule has 0 aliphatic carbocycles. The molecular formula is C15H31N. The van der Waals surface area contributed by atoms with Crippen molar-refractivity contribution in [3.63, 3.8) is 0 Å². The van der Waals surface area contributed by atoms with Crippen molar-refractivity contribution in [2.45, 2.75) is 67.3 Å². The molecule has 0 bridgehead atoms. The topological polar surface area (TPSA) is 21.9 Å². The molecule has 1 N–H and O–H groups in total. The molecule has 1 saturated heterocycles. The standard InChI is InChI=1S/C15H31N/c1-11(2)14(4,5)10-15(6,7)12(3)8-13-9-16-13/h11-13,16H,8-10H2,1-7H3/t12-,13?/m0/s1. The van der Waals surface area contributed by atoms with Crippen LogP contribution in [0.5, 0.6) is 0 Å². The second-order valence-corrected chi connectivity index (χ2v) is 7.55. The van der Waals surface area contributed by atoms with Gasteiger partial charge in [-0.2, -0.15) is 0 Å². The fraction of sp³-hybridized carbons (Fsp3) is 1.00. The zero-order valence-electron chi connectivity index (χ0n) is 12.4. The summed E-state index contributed by atoms with van der Waals surface area (Å²) in [6.07, 6.45) is 2.67. The van der Waals surface area contributed by atoms with Crippen LogP contribution in [0.25, 0.3) is 0 Å². The van der Waals surface area contributed by atoms with Crippen LogP contribution in [0.1, 0.15) is 61.3 Å². The maximum Gasteiger partial charge on any atom is 0.0195 e. The Kier molecular flexibility index (Phi) is 4.10. The van der Waals surface area contributed by atoms with Crippen molar-refractivity contribution < 1.29 is 0 Å². The number of hydrogen-bond donors (Lipinski definition) is 1. The average molecular weight is 225 g/mol. The first-order valence-electron chi connectivity index (χ1n) is 6.88.